The maximum absolute atomic E-state index is 14.6. The molecule has 0 spiro atoms. The van der Waals surface area contributed by atoms with E-state index in [9.17, 15) is 28.5 Å². The van der Waals surface area contributed by atoms with E-state index in [4.69, 9.17) is 16.3 Å². The van der Waals surface area contributed by atoms with E-state index in [-0.39, 0.29) is 40.1 Å². The van der Waals surface area contributed by atoms with Gasteiger partial charge in [-0.3, -0.25) is 19.7 Å². The standard InChI is InChI=1S/C27H24ClF2N3O5/c1-38-23-10-9-21(28)20(25(23)30)15-24(34)32-13-11-17(12-14-32)16-5-7-18(8-6-16)31-27(35)19-3-2-4-22(29)26(19)33(36)37/h2-10,17H,11-15H2,1H3,(H,31,35). The van der Waals surface area contributed by atoms with Crippen molar-refractivity contribution in [2.24, 2.45) is 0 Å². The number of carbonyl (C=O) groups is 2. The number of nitro benzene ring substituents is 1. The summed E-state index contributed by atoms with van der Waals surface area (Å²) >= 11 is 6.11. The molecule has 8 nitrogen and oxygen atoms in total. The van der Waals surface area contributed by atoms with Gasteiger partial charge in [-0.05, 0) is 60.7 Å². The van der Waals surface area contributed by atoms with Crippen molar-refractivity contribution in [2.75, 3.05) is 25.5 Å². The monoisotopic (exact) mass is 543 g/mol. The van der Waals surface area contributed by atoms with Crippen LogP contribution in [-0.2, 0) is 11.2 Å². The lowest BCUT2D eigenvalue weighted by atomic mass is 9.89. The molecule has 11 heteroatoms. The molecule has 0 aromatic heterocycles. The molecule has 0 bridgehead atoms. The lowest BCUT2D eigenvalue weighted by Crippen LogP contribution is -2.39. The third kappa shape index (κ3) is 5.75. The van der Waals surface area contributed by atoms with Crippen molar-refractivity contribution < 1.29 is 28.0 Å². The van der Waals surface area contributed by atoms with Crippen LogP contribution in [0.4, 0.5) is 20.2 Å². The van der Waals surface area contributed by atoms with Gasteiger partial charge in [-0.2, -0.15) is 4.39 Å². The van der Waals surface area contributed by atoms with Crippen molar-refractivity contribution >= 4 is 34.8 Å². The molecule has 3 aromatic carbocycles. The van der Waals surface area contributed by atoms with Gasteiger partial charge >= 0.3 is 5.69 Å². The van der Waals surface area contributed by atoms with Crippen LogP contribution in [-0.4, -0.2) is 41.8 Å². The minimum atomic E-state index is -1.08. The number of amides is 2. The van der Waals surface area contributed by atoms with Gasteiger partial charge in [0, 0.05) is 29.4 Å². The highest BCUT2D eigenvalue weighted by atomic mass is 35.5. The zero-order chi connectivity index (χ0) is 27.4. The van der Waals surface area contributed by atoms with Gasteiger partial charge in [0.25, 0.3) is 5.91 Å². The molecule has 1 aliphatic heterocycles. The molecule has 1 aliphatic rings. The fourth-order valence-electron chi connectivity index (χ4n) is 4.54. The largest absolute Gasteiger partial charge is 0.494 e. The summed E-state index contributed by atoms with van der Waals surface area (Å²) in [6, 6.07) is 13.3. The Morgan fingerprint density at radius 1 is 1.11 bits per heavy atom. The third-order valence-corrected chi connectivity index (χ3v) is 6.95. The SMILES string of the molecule is COc1ccc(Cl)c(CC(=O)N2CCC(c3ccc(NC(=O)c4cccc(F)c4[N+](=O)[O-])cc3)CC2)c1F. The summed E-state index contributed by atoms with van der Waals surface area (Å²) in [5.41, 5.74) is 0.278. The lowest BCUT2D eigenvalue weighted by molar-refractivity contribution is -0.387. The smallest absolute Gasteiger partial charge is 0.317 e. The quantitative estimate of drug-likeness (QED) is 0.302. The van der Waals surface area contributed by atoms with Crippen LogP contribution in [0.1, 0.15) is 40.2 Å². The topological polar surface area (TPSA) is 102 Å². The van der Waals surface area contributed by atoms with E-state index < -0.39 is 28.2 Å². The van der Waals surface area contributed by atoms with Crippen molar-refractivity contribution in [1.29, 1.82) is 0 Å². The first-order valence-electron chi connectivity index (χ1n) is 11.8. The van der Waals surface area contributed by atoms with Crippen LogP contribution in [0.3, 0.4) is 0 Å². The van der Waals surface area contributed by atoms with Crippen LogP contribution < -0.4 is 10.1 Å². The molecule has 1 N–H and O–H groups in total. The minimum Gasteiger partial charge on any atom is -0.494 e. The van der Waals surface area contributed by atoms with E-state index in [2.05, 4.69) is 5.32 Å². The molecule has 3 aromatic rings. The molecular formula is C27H24ClF2N3O5. The highest BCUT2D eigenvalue weighted by Gasteiger charge is 2.27. The zero-order valence-corrected chi connectivity index (χ0v) is 21.1. The predicted octanol–water partition coefficient (Wildman–Crippen LogP) is 5.74. The number of methoxy groups -OCH3 is 1. The molecular weight excluding hydrogens is 520 g/mol. The number of nitro groups is 1. The van der Waals surface area contributed by atoms with Crippen molar-refractivity contribution in [2.45, 2.75) is 25.2 Å². The van der Waals surface area contributed by atoms with Gasteiger partial charge in [0.15, 0.2) is 11.6 Å². The van der Waals surface area contributed by atoms with Crippen molar-refractivity contribution in [3.8, 4) is 5.75 Å². The van der Waals surface area contributed by atoms with Gasteiger partial charge in [0.05, 0.1) is 18.5 Å². The molecule has 0 radical (unpaired) electrons. The predicted molar refractivity (Wildman–Crippen MR) is 138 cm³/mol. The number of hydrogen-bond donors (Lipinski definition) is 1. The van der Waals surface area contributed by atoms with Gasteiger partial charge in [-0.25, -0.2) is 4.39 Å². The van der Waals surface area contributed by atoms with Gasteiger partial charge in [-0.15, -0.1) is 0 Å². The maximum atomic E-state index is 14.6. The highest BCUT2D eigenvalue weighted by molar-refractivity contribution is 6.31. The molecule has 0 unspecified atom stereocenters. The molecule has 198 valence electrons. The van der Waals surface area contributed by atoms with Gasteiger partial charge in [0.1, 0.15) is 5.56 Å². The van der Waals surface area contributed by atoms with Crippen molar-refractivity contribution in [3.05, 3.63) is 98.1 Å². The number of ether oxygens (including phenoxy) is 1. The highest BCUT2D eigenvalue weighted by Crippen LogP contribution is 2.31. The third-order valence-electron chi connectivity index (χ3n) is 6.60. The molecule has 4 rings (SSSR count). The average molecular weight is 544 g/mol. The van der Waals surface area contributed by atoms with Crippen LogP contribution in [0, 0.1) is 21.7 Å². The Bertz CT molecular complexity index is 1380. The Morgan fingerprint density at radius 3 is 2.42 bits per heavy atom. The number of benzene rings is 3. The summed E-state index contributed by atoms with van der Waals surface area (Å²) in [5, 5.41) is 13.9. The van der Waals surface area contributed by atoms with E-state index in [1.54, 1.807) is 17.0 Å². The zero-order valence-electron chi connectivity index (χ0n) is 20.4. The first-order valence-corrected chi connectivity index (χ1v) is 12.2. The van der Waals surface area contributed by atoms with E-state index in [0.29, 0.717) is 31.6 Å². The number of para-hydroxylation sites is 1. The maximum Gasteiger partial charge on any atom is 0.317 e. The number of carbonyl (C=O) groups excluding carboxylic acids is 2. The van der Waals surface area contributed by atoms with Crippen LogP contribution in [0.5, 0.6) is 5.75 Å². The van der Waals surface area contributed by atoms with E-state index in [1.807, 2.05) is 12.1 Å². The normalized spacial score (nSPS) is 13.7. The summed E-state index contributed by atoms with van der Waals surface area (Å²) in [4.78, 5) is 37.3. The first kappa shape index (κ1) is 27.0. The molecule has 1 fully saturated rings. The number of likely N-dealkylation sites (tertiary alicyclic amines) is 1. The van der Waals surface area contributed by atoms with Gasteiger partial charge in [-0.1, -0.05) is 29.8 Å². The number of piperidine rings is 1. The average Bonchev–Trinajstić information content (AvgIpc) is 2.91. The molecule has 1 heterocycles. The van der Waals surface area contributed by atoms with Crippen LogP contribution in [0.25, 0.3) is 0 Å². The van der Waals surface area contributed by atoms with Gasteiger partial charge in [0.2, 0.25) is 11.7 Å². The number of rotatable bonds is 7. The second-order valence-corrected chi connectivity index (χ2v) is 9.25. The van der Waals surface area contributed by atoms with E-state index in [0.717, 1.165) is 11.6 Å². The van der Waals surface area contributed by atoms with Crippen LogP contribution in [0.2, 0.25) is 5.02 Å². The molecule has 2 amide bonds. The Labute approximate surface area is 222 Å². The van der Waals surface area contributed by atoms with E-state index in [1.165, 1.54) is 31.4 Å². The summed E-state index contributed by atoms with van der Waals surface area (Å²) < 4.78 is 33.4. The minimum absolute atomic E-state index is 0.0321. The molecule has 1 saturated heterocycles. The van der Waals surface area contributed by atoms with Crippen LogP contribution in [0.15, 0.2) is 54.6 Å². The first-order chi connectivity index (χ1) is 18.2. The summed E-state index contributed by atoms with van der Waals surface area (Å²) in [7, 11) is 1.35. The van der Waals surface area contributed by atoms with Gasteiger partial charge < -0.3 is 15.0 Å². The molecule has 38 heavy (non-hydrogen) atoms. The molecule has 0 saturated carbocycles. The van der Waals surface area contributed by atoms with Crippen molar-refractivity contribution in [1.82, 2.24) is 4.90 Å². The number of nitrogens with zero attached hydrogens (tertiary/aromatic N) is 2. The second-order valence-electron chi connectivity index (χ2n) is 8.84. The number of halogens is 3. The van der Waals surface area contributed by atoms with Crippen LogP contribution >= 0.6 is 11.6 Å². The Balaban J connectivity index is 1.35. The number of nitrogens with one attached hydrogen (secondary N) is 1. The summed E-state index contributed by atoms with van der Waals surface area (Å²) in [6.07, 6.45) is 1.23. The Morgan fingerprint density at radius 2 is 1.79 bits per heavy atom. The van der Waals surface area contributed by atoms with Crippen molar-refractivity contribution in [3.63, 3.8) is 0 Å². The second kappa shape index (κ2) is 11.6. The number of hydrogen-bond acceptors (Lipinski definition) is 5. The van der Waals surface area contributed by atoms with E-state index >= 15 is 0 Å². The molecule has 0 atom stereocenters. The fraction of sp³-hybridized carbons (Fsp3) is 0.259. The summed E-state index contributed by atoms with van der Waals surface area (Å²) in [5.74, 6) is -2.53. The molecule has 0 aliphatic carbocycles. The summed E-state index contributed by atoms with van der Waals surface area (Å²) in [6.45, 7) is 0.989. The lowest BCUT2D eigenvalue weighted by Gasteiger charge is -2.32. The number of anilines is 1. The fourth-order valence-corrected chi connectivity index (χ4v) is 4.76. The Kier molecular flexibility index (Phi) is 8.21. The Hall–Kier alpha value is -4.05.